The lowest BCUT2D eigenvalue weighted by molar-refractivity contribution is -0.000254. The summed E-state index contributed by atoms with van der Waals surface area (Å²) in [6.07, 6.45) is 0.490. The van der Waals surface area contributed by atoms with E-state index >= 15 is 0 Å². The number of ketones is 1. The summed E-state index contributed by atoms with van der Waals surface area (Å²) in [6, 6.07) is 39.6. The quantitative estimate of drug-likeness (QED) is 0.384. The number of aliphatic hydroxyl groups is 1. The number of hydrogen-bond donors (Lipinski definition) is 1. The Balaban J connectivity index is 1.72. The van der Waals surface area contributed by atoms with E-state index in [0.717, 1.165) is 16.7 Å². The molecular weight excluding hydrogens is 392 g/mol. The predicted octanol–water partition coefficient (Wildman–Crippen LogP) is 6.34. The van der Waals surface area contributed by atoms with E-state index in [9.17, 15) is 9.90 Å². The molecule has 4 atom stereocenters. The van der Waals surface area contributed by atoms with Crippen molar-refractivity contribution in [2.24, 2.45) is 5.92 Å². The van der Waals surface area contributed by atoms with Crippen LogP contribution in [0.4, 0.5) is 0 Å². The van der Waals surface area contributed by atoms with E-state index in [0.29, 0.717) is 12.0 Å². The van der Waals surface area contributed by atoms with Gasteiger partial charge in [0.05, 0.1) is 5.92 Å². The SMILES string of the molecule is O=C(c1ccccc1)C1C(c2ccccc2)C(c2ccccc2)CC1(O)c1ccccc1. The third kappa shape index (κ3) is 3.57. The van der Waals surface area contributed by atoms with Crippen molar-refractivity contribution in [1.82, 2.24) is 0 Å². The number of carbonyl (C=O) groups is 1. The van der Waals surface area contributed by atoms with E-state index in [2.05, 4.69) is 24.3 Å². The normalized spacial score (nSPS) is 24.8. The molecule has 0 amide bonds. The number of rotatable bonds is 5. The summed E-state index contributed by atoms with van der Waals surface area (Å²) < 4.78 is 0. The highest BCUT2D eigenvalue weighted by Crippen LogP contribution is 2.59. The van der Waals surface area contributed by atoms with Gasteiger partial charge in [0.15, 0.2) is 5.78 Å². The molecule has 4 aromatic carbocycles. The van der Waals surface area contributed by atoms with E-state index in [1.54, 1.807) is 0 Å². The Morgan fingerprint density at radius 1 is 0.656 bits per heavy atom. The van der Waals surface area contributed by atoms with Crippen molar-refractivity contribution in [2.75, 3.05) is 0 Å². The summed E-state index contributed by atoms with van der Waals surface area (Å²) in [5.41, 5.74) is 2.41. The Labute approximate surface area is 189 Å². The fourth-order valence-corrected chi connectivity index (χ4v) is 5.43. The second-order valence-electron chi connectivity index (χ2n) is 8.66. The highest BCUT2D eigenvalue weighted by molar-refractivity contribution is 5.99. The summed E-state index contributed by atoms with van der Waals surface area (Å²) in [5, 5.41) is 12.3. The van der Waals surface area contributed by atoms with Crippen molar-refractivity contribution < 1.29 is 9.90 Å². The highest BCUT2D eigenvalue weighted by atomic mass is 16.3. The largest absolute Gasteiger partial charge is 0.384 e. The van der Waals surface area contributed by atoms with Crippen molar-refractivity contribution in [3.63, 3.8) is 0 Å². The molecule has 1 fully saturated rings. The molecule has 0 spiro atoms. The van der Waals surface area contributed by atoms with Crippen LogP contribution in [-0.4, -0.2) is 10.9 Å². The maximum Gasteiger partial charge on any atom is 0.169 e. The van der Waals surface area contributed by atoms with Crippen LogP contribution in [0.2, 0.25) is 0 Å². The first-order chi connectivity index (χ1) is 15.7. The summed E-state index contributed by atoms with van der Waals surface area (Å²) in [5.74, 6) is -0.734. The molecule has 0 aromatic heterocycles. The van der Waals surface area contributed by atoms with Crippen LogP contribution in [0.5, 0.6) is 0 Å². The van der Waals surface area contributed by atoms with Crippen LogP contribution in [0.25, 0.3) is 0 Å². The number of carbonyl (C=O) groups excluding carboxylic acids is 1. The fourth-order valence-electron chi connectivity index (χ4n) is 5.43. The molecule has 1 saturated carbocycles. The minimum absolute atomic E-state index is 0.00997. The number of Topliss-reactive ketones (excluding diaryl/α,β-unsaturated/α-hetero) is 1. The van der Waals surface area contributed by atoms with Gasteiger partial charge < -0.3 is 5.11 Å². The van der Waals surface area contributed by atoms with E-state index in [1.165, 1.54) is 0 Å². The van der Waals surface area contributed by atoms with Crippen LogP contribution < -0.4 is 0 Å². The first kappa shape index (κ1) is 20.4. The van der Waals surface area contributed by atoms with Crippen LogP contribution in [0.3, 0.4) is 0 Å². The topological polar surface area (TPSA) is 37.3 Å². The van der Waals surface area contributed by atoms with Gasteiger partial charge in [0.1, 0.15) is 5.60 Å². The molecule has 1 aliphatic carbocycles. The average molecular weight is 419 g/mol. The van der Waals surface area contributed by atoms with E-state index < -0.39 is 11.5 Å². The standard InChI is InChI=1S/C30H26O2/c31-29(24-17-9-3-10-18-24)28-27(23-15-7-2-8-16-23)26(22-13-5-1-6-14-22)21-30(28,32)25-19-11-4-12-20-25/h1-20,26-28,32H,21H2. The predicted molar refractivity (Wildman–Crippen MR) is 128 cm³/mol. The van der Waals surface area contributed by atoms with E-state index in [4.69, 9.17) is 0 Å². The van der Waals surface area contributed by atoms with E-state index in [-0.39, 0.29) is 17.6 Å². The molecule has 1 N–H and O–H groups in total. The maximum absolute atomic E-state index is 14.0. The second kappa shape index (κ2) is 8.57. The van der Waals surface area contributed by atoms with Gasteiger partial charge in [0, 0.05) is 11.5 Å². The van der Waals surface area contributed by atoms with Crippen molar-refractivity contribution in [1.29, 1.82) is 0 Å². The Kier molecular flexibility index (Phi) is 5.46. The summed E-state index contributed by atoms with van der Waals surface area (Å²) >= 11 is 0. The van der Waals surface area contributed by atoms with Crippen molar-refractivity contribution in [3.05, 3.63) is 144 Å². The Hall–Kier alpha value is -3.49. The molecule has 1 aliphatic rings. The van der Waals surface area contributed by atoms with Crippen LogP contribution in [-0.2, 0) is 5.60 Å². The van der Waals surface area contributed by atoms with Gasteiger partial charge in [0.25, 0.3) is 0 Å². The van der Waals surface area contributed by atoms with Gasteiger partial charge in [-0.3, -0.25) is 4.79 Å². The monoisotopic (exact) mass is 418 g/mol. The Morgan fingerprint density at radius 2 is 1.12 bits per heavy atom. The van der Waals surface area contributed by atoms with Crippen molar-refractivity contribution in [3.8, 4) is 0 Å². The summed E-state index contributed by atoms with van der Waals surface area (Å²) in [6.45, 7) is 0. The number of hydrogen-bond acceptors (Lipinski definition) is 2. The third-order valence-electron chi connectivity index (χ3n) is 6.86. The third-order valence-corrected chi connectivity index (χ3v) is 6.86. The fraction of sp³-hybridized carbons (Fsp3) is 0.167. The molecule has 158 valence electrons. The van der Waals surface area contributed by atoms with Crippen molar-refractivity contribution in [2.45, 2.75) is 23.9 Å². The molecule has 0 radical (unpaired) electrons. The molecule has 2 heteroatoms. The molecular formula is C30H26O2. The molecule has 0 bridgehead atoms. The number of benzene rings is 4. The van der Waals surface area contributed by atoms with Gasteiger partial charge in [-0.1, -0.05) is 121 Å². The smallest absolute Gasteiger partial charge is 0.169 e. The lowest BCUT2D eigenvalue weighted by atomic mass is 9.73. The molecule has 0 saturated heterocycles. The van der Waals surface area contributed by atoms with Crippen molar-refractivity contribution >= 4 is 5.78 Å². The molecule has 4 aromatic rings. The first-order valence-electron chi connectivity index (χ1n) is 11.2. The van der Waals surface area contributed by atoms with Gasteiger partial charge in [0.2, 0.25) is 0 Å². The molecule has 2 nitrogen and oxygen atoms in total. The maximum atomic E-state index is 14.0. The zero-order valence-corrected chi connectivity index (χ0v) is 17.8. The average Bonchev–Trinajstić information content (AvgIpc) is 3.20. The second-order valence-corrected chi connectivity index (χ2v) is 8.66. The molecule has 32 heavy (non-hydrogen) atoms. The minimum Gasteiger partial charge on any atom is -0.384 e. The first-order valence-corrected chi connectivity index (χ1v) is 11.2. The zero-order chi connectivity index (χ0) is 22.0. The summed E-state index contributed by atoms with van der Waals surface area (Å²) in [7, 11) is 0. The van der Waals surface area contributed by atoms with Gasteiger partial charge in [-0.2, -0.15) is 0 Å². The molecule has 5 rings (SSSR count). The van der Waals surface area contributed by atoms with Crippen LogP contribution >= 0.6 is 0 Å². The van der Waals surface area contributed by atoms with Crippen LogP contribution in [0.1, 0.15) is 45.3 Å². The Bertz CT molecular complexity index is 1170. The molecule has 0 heterocycles. The highest BCUT2D eigenvalue weighted by Gasteiger charge is 2.57. The van der Waals surface area contributed by atoms with Gasteiger partial charge in [-0.15, -0.1) is 0 Å². The van der Waals surface area contributed by atoms with Gasteiger partial charge in [-0.25, -0.2) is 0 Å². The lowest BCUT2D eigenvalue weighted by Crippen LogP contribution is -2.37. The lowest BCUT2D eigenvalue weighted by Gasteiger charge is -2.32. The summed E-state index contributed by atoms with van der Waals surface area (Å²) in [4.78, 5) is 14.0. The zero-order valence-electron chi connectivity index (χ0n) is 17.8. The molecule has 0 aliphatic heterocycles. The van der Waals surface area contributed by atoms with Gasteiger partial charge in [-0.05, 0) is 29.0 Å². The molecule has 4 unspecified atom stereocenters. The van der Waals surface area contributed by atoms with Crippen LogP contribution in [0, 0.1) is 5.92 Å². The Morgan fingerprint density at radius 3 is 1.69 bits per heavy atom. The van der Waals surface area contributed by atoms with Crippen LogP contribution in [0.15, 0.2) is 121 Å². The van der Waals surface area contributed by atoms with E-state index in [1.807, 2.05) is 97.1 Å². The van der Waals surface area contributed by atoms with Gasteiger partial charge >= 0.3 is 0 Å². The minimum atomic E-state index is -1.27.